The summed E-state index contributed by atoms with van der Waals surface area (Å²) in [5.74, 6) is 1.40. The van der Waals surface area contributed by atoms with E-state index in [2.05, 4.69) is 9.97 Å². The molecule has 0 bridgehead atoms. The molecular weight excluding hydrogens is 332 g/mol. The van der Waals surface area contributed by atoms with Gasteiger partial charge in [0.1, 0.15) is 16.4 Å². The third-order valence-corrected chi connectivity index (χ3v) is 5.81. The zero-order chi connectivity index (χ0) is 17.2. The zero-order valence-electron chi connectivity index (χ0n) is 14.2. The molecule has 0 saturated heterocycles. The molecule has 1 aromatic carbocycles. The topological polar surface area (TPSA) is 55.0 Å². The van der Waals surface area contributed by atoms with Gasteiger partial charge in [0, 0.05) is 4.88 Å². The Labute approximate surface area is 150 Å². The van der Waals surface area contributed by atoms with Crippen molar-refractivity contribution in [2.24, 2.45) is 0 Å². The third kappa shape index (κ3) is 3.24. The first-order chi connectivity index (χ1) is 12.2. The molecule has 0 saturated carbocycles. The van der Waals surface area contributed by atoms with Crippen LogP contribution in [0, 0.1) is 0 Å². The number of benzene rings is 1. The molecule has 25 heavy (non-hydrogen) atoms. The van der Waals surface area contributed by atoms with Crippen LogP contribution >= 0.6 is 11.3 Å². The van der Waals surface area contributed by atoms with Crippen molar-refractivity contribution in [1.82, 2.24) is 9.97 Å². The number of thiophene rings is 1. The Morgan fingerprint density at radius 1 is 1.20 bits per heavy atom. The fourth-order valence-corrected chi connectivity index (χ4v) is 4.63. The van der Waals surface area contributed by atoms with Crippen LogP contribution in [0.1, 0.15) is 41.1 Å². The Kier molecular flexibility index (Phi) is 4.40. The lowest BCUT2D eigenvalue weighted by Gasteiger charge is -2.00. The first-order valence-electron chi connectivity index (χ1n) is 8.61. The number of H-pyrrole nitrogens is 1. The summed E-state index contributed by atoms with van der Waals surface area (Å²) in [6.07, 6.45) is 9.47. The number of fused-ring (bicyclic) bond motifs is 3. The van der Waals surface area contributed by atoms with Crippen molar-refractivity contribution >= 4 is 33.7 Å². The Bertz CT molecular complexity index is 1000. The van der Waals surface area contributed by atoms with E-state index in [1.807, 2.05) is 36.4 Å². The van der Waals surface area contributed by atoms with Crippen LogP contribution in [0.2, 0.25) is 0 Å². The summed E-state index contributed by atoms with van der Waals surface area (Å²) < 4.78 is 5.23. The number of aromatic amines is 1. The molecule has 4 rings (SSSR count). The van der Waals surface area contributed by atoms with Gasteiger partial charge in [0.25, 0.3) is 5.56 Å². The van der Waals surface area contributed by atoms with Crippen molar-refractivity contribution in [2.75, 3.05) is 7.11 Å². The van der Waals surface area contributed by atoms with E-state index < -0.39 is 0 Å². The van der Waals surface area contributed by atoms with E-state index in [1.165, 1.54) is 23.3 Å². The number of nitrogens with one attached hydrogen (secondary N) is 1. The molecule has 0 aliphatic heterocycles. The van der Waals surface area contributed by atoms with Crippen molar-refractivity contribution in [1.29, 1.82) is 0 Å². The lowest BCUT2D eigenvalue weighted by Crippen LogP contribution is -2.10. The van der Waals surface area contributed by atoms with Crippen molar-refractivity contribution in [3.63, 3.8) is 0 Å². The SMILES string of the molecule is COc1cccc(/C=C/c2nc3sc4c(c3c(=O)[nH]2)CCCCC4)c1. The molecule has 2 heterocycles. The second-order valence-corrected chi connectivity index (χ2v) is 7.39. The molecule has 0 atom stereocenters. The molecule has 1 aliphatic rings. The van der Waals surface area contributed by atoms with Crippen molar-refractivity contribution in [3.8, 4) is 5.75 Å². The highest BCUT2D eigenvalue weighted by Gasteiger charge is 2.18. The summed E-state index contributed by atoms with van der Waals surface area (Å²) in [6, 6.07) is 7.78. The highest BCUT2D eigenvalue weighted by Crippen LogP contribution is 2.32. The fraction of sp³-hybridized carbons (Fsp3) is 0.300. The van der Waals surface area contributed by atoms with Crippen LogP contribution in [0.3, 0.4) is 0 Å². The van der Waals surface area contributed by atoms with Crippen LogP contribution in [0.4, 0.5) is 0 Å². The Hall–Kier alpha value is -2.40. The maximum Gasteiger partial charge on any atom is 0.260 e. The van der Waals surface area contributed by atoms with Gasteiger partial charge in [-0.05, 0) is 55.0 Å². The number of rotatable bonds is 3. The summed E-state index contributed by atoms with van der Waals surface area (Å²) in [4.78, 5) is 22.4. The van der Waals surface area contributed by atoms with E-state index in [9.17, 15) is 4.79 Å². The molecule has 1 N–H and O–H groups in total. The number of aryl methyl sites for hydroxylation is 2. The van der Waals surface area contributed by atoms with Crippen LogP contribution in [-0.2, 0) is 12.8 Å². The normalized spacial score (nSPS) is 14.6. The number of ether oxygens (including phenoxy) is 1. The lowest BCUT2D eigenvalue weighted by atomic mass is 10.1. The van der Waals surface area contributed by atoms with Gasteiger partial charge in [0.2, 0.25) is 0 Å². The Morgan fingerprint density at radius 3 is 2.96 bits per heavy atom. The van der Waals surface area contributed by atoms with Crippen LogP contribution < -0.4 is 10.3 Å². The minimum absolute atomic E-state index is 0.0188. The van der Waals surface area contributed by atoms with Crippen molar-refractivity contribution in [2.45, 2.75) is 32.1 Å². The molecular formula is C20H20N2O2S. The minimum atomic E-state index is -0.0188. The average Bonchev–Trinajstić information content (AvgIpc) is 2.82. The average molecular weight is 352 g/mol. The van der Waals surface area contributed by atoms with Gasteiger partial charge in [-0.3, -0.25) is 4.79 Å². The minimum Gasteiger partial charge on any atom is -0.497 e. The molecule has 0 fully saturated rings. The monoisotopic (exact) mass is 352 g/mol. The molecule has 0 spiro atoms. The maximum absolute atomic E-state index is 12.6. The summed E-state index contributed by atoms with van der Waals surface area (Å²) in [5.41, 5.74) is 2.22. The first kappa shape index (κ1) is 16.1. The smallest absolute Gasteiger partial charge is 0.260 e. The van der Waals surface area contributed by atoms with Crippen LogP contribution in [0.15, 0.2) is 29.1 Å². The van der Waals surface area contributed by atoms with Crippen LogP contribution in [-0.4, -0.2) is 17.1 Å². The lowest BCUT2D eigenvalue weighted by molar-refractivity contribution is 0.414. The molecule has 4 nitrogen and oxygen atoms in total. The highest BCUT2D eigenvalue weighted by atomic mass is 32.1. The number of nitrogens with zero attached hydrogens (tertiary/aromatic N) is 1. The van der Waals surface area contributed by atoms with E-state index >= 15 is 0 Å². The molecule has 2 aromatic heterocycles. The maximum atomic E-state index is 12.6. The predicted molar refractivity (Wildman–Crippen MR) is 103 cm³/mol. The number of hydrogen-bond acceptors (Lipinski definition) is 4. The number of methoxy groups -OCH3 is 1. The fourth-order valence-electron chi connectivity index (χ4n) is 3.36. The largest absolute Gasteiger partial charge is 0.497 e. The third-order valence-electron chi connectivity index (χ3n) is 4.62. The molecule has 128 valence electrons. The van der Waals surface area contributed by atoms with Gasteiger partial charge in [0.15, 0.2) is 0 Å². The van der Waals surface area contributed by atoms with E-state index in [0.29, 0.717) is 5.82 Å². The van der Waals surface area contributed by atoms with Gasteiger partial charge in [0.05, 0.1) is 12.5 Å². The van der Waals surface area contributed by atoms with Gasteiger partial charge in [-0.2, -0.15) is 0 Å². The number of aromatic nitrogens is 2. The number of hydrogen-bond donors (Lipinski definition) is 1. The molecule has 5 heteroatoms. The first-order valence-corrected chi connectivity index (χ1v) is 9.43. The summed E-state index contributed by atoms with van der Waals surface area (Å²) in [6.45, 7) is 0. The Morgan fingerprint density at radius 2 is 2.08 bits per heavy atom. The molecule has 0 amide bonds. The summed E-state index contributed by atoms with van der Waals surface area (Å²) >= 11 is 1.68. The van der Waals surface area contributed by atoms with E-state index in [0.717, 1.165) is 40.8 Å². The quantitative estimate of drug-likeness (QED) is 0.709. The van der Waals surface area contributed by atoms with Gasteiger partial charge >= 0.3 is 0 Å². The van der Waals surface area contributed by atoms with Gasteiger partial charge in [-0.1, -0.05) is 24.6 Å². The standard InChI is InChI=1S/C20H20N2O2S/c1-24-14-7-5-6-13(12-14)10-11-17-21-19(23)18-15-8-3-2-4-9-16(15)25-20(18)22-17/h5-7,10-12H,2-4,8-9H2,1H3,(H,21,22,23)/b11-10+. The molecule has 0 radical (unpaired) electrons. The van der Waals surface area contributed by atoms with Gasteiger partial charge < -0.3 is 9.72 Å². The molecule has 0 unspecified atom stereocenters. The van der Waals surface area contributed by atoms with E-state index in [-0.39, 0.29) is 5.56 Å². The van der Waals surface area contributed by atoms with Crippen molar-refractivity contribution < 1.29 is 4.74 Å². The highest BCUT2D eigenvalue weighted by molar-refractivity contribution is 7.18. The van der Waals surface area contributed by atoms with Gasteiger partial charge in [-0.15, -0.1) is 11.3 Å². The van der Waals surface area contributed by atoms with E-state index in [1.54, 1.807) is 18.4 Å². The van der Waals surface area contributed by atoms with Crippen LogP contribution in [0.25, 0.3) is 22.4 Å². The Balaban J connectivity index is 1.71. The zero-order valence-corrected chi connectivity index (χ0v) is 15.0. The second kappa shape index (κ2) is 6.84. The van der Waals surface area contributed by atoms with Gasteiger partial charge in [-0.25, -0.2) is 4.98 Å². The summed E-state index contributed by atoms with van der Waals surface area (Å²) in [7, 11) is 1.65. The molecule has 1 aliphatic carbocycles. The predicted octanol–water partition coefficient (Wildman–Crippen LogP) is 4.43. The second-order valence-electron chi connectivity index (χ2n) is 6.31. The summed E-state index contributed by atoms with van der Waals surface area (Å²) in [5, 5.41) is 0.806. The molecule has 3 aromatic rings. The van der Waals surface area contributed by atoms with Crippen molar-refractivity contribution in [3.05, 3.63) is 56.4 Å². The van der Waals surface area contributed by atoms with E-state index in [4.69, 9.17) is 4.74 Å². The van der Waals surface area contributed by atoms with Crippen LogP contribution in [0.5, 0.6) is 5.75 Å².